The first-order valence-electron chi connectivity index (χ1n) is 7.37. The molecule has 112 valence electrons. The second-order valence-corrected chi connectivity index (χ2v) is 6.40. The van der Waals surface area contributed by atoms with Crippen LogP contribution in [-0.2, 0) is 16.6 Å². The van der Waals surface area contributed by atoms with E-state index in [1.54, 1.807) is 0 Å². The number of rotatable bonds is 7. The van der Waals surface area contributed by atoms with Crippen molar-refractivity contribution in [3.63, 3.8) is 0 Å². The third-order valence-corrected chi connectivity index (χ3v) is 3.41. The maximum atomic E-state index is 10.9. The molecular formula is C17H27NO2. The van der Waals surface area contributed by atoms with Crippen LogP contribution in [0.5, 0.6) is 0 Å². The Hall–Kier alpha value is -1.35. The third kappa shape index (κ3) is 5.74. The summed E-state index contributed by atoms with van der Waals surface area (Å²) < 4.78 is 0. The highest BCUT2D eigenvalue weighted by Gasteiger charge is 2.15. The number of nitrogens with one attached hydrogen (secondary N) is 1. The van der Waals surface area contributed by atoms with Gasteiger partial charge >= 0.3 is 5.97 Å². The Balaban J connectivity index is 2.70. The van der Waals surface area contributed by atoms with Crippen molar-refractivity contribution in [1.82, 2.24) is 5.32 Å². The molecule has 0 saturated carbocycles. The van der Waals surface area contributed by atoms with Gasteiger partial charge in [0, 0.05) is 6.04 Å². The lowest BCUT2D eigenvalue weighted by Crippen LogP contribution is -2.34. The van der Waals surface area contributed by atoms with E-state index in [9.17, 15) is 4.79 Å². The highest BCUT2D eigenvalue weighted by atomic mass is 16.4. The fraction of sp³-hybridized carbons (Fsp3) is 0.588. The van der Waals surface area contributed by atoms with Gasteiger partial charge in [0.15, 0.2) is 0 Å². The first-order valence-corrected chi connectivity index (χ1v) is 7.37. The molecule has 0 aliphatic carbocycles. The van der Waals surface area contributed by atoms with Crippen molar-refractivity contribution >= 4 is 5.97 Å². The van der Waals surface area contributed by atoms with Crippen molar-refractivity contribution in [1.29, 1.82) is 0 Å². The first kappa shape index (κ1) is 16.7. The SMILES string of the molecule is CCCNC(CC(=O)O)Cc1ccc(C(C)(C)C)cc1. The molecule has 0 aliphatic heterocycles. The molecule has 0 spiro atoms. The predicted octanol–water partition coefficient (Wildman–Crippen LogP) is 3.37. The molecule has 0 saturated heterocycles. The zero-order valence-electron chi connectivity index (χ0n) is 13.1. The summed E-state index contributed by atoms with van der Waals surface area (Å²) >= 11 is 0. The van der Waals surface area contributed by atoms with Crippen LogP contribution >= 0.6 is 0 Å². The van der Waals surface area contributed by atoms with Gasteiger partial charge in [0.25, 0.3) is 0 Å². The third-order valence-electron chi connectivity index (χ3n) is 3.41. The number of carboxylic acid groups (broad SMARTS) is 1. The predicted molar refractivity (Wildman–Crippen MR) is 83.2 cm³/mol. The molecule has 0 fully saturated rings. The van der Waals surface area contributed by atoms with E-state index in [0.29, 0.717) is 0 Å². The molecule has 3 nitrogen and oxygen atoms in total. The number of carbonyl (C=O) groups is 1. The number of aliphatic carboxylic acids is 1. The molecule has 0 amide bonds. The van der Waals surface area contributed by atoms with Crippen molar-refractivity contribution in [2.24, 2.45) is 0 Å². The molecule has 1 unspecified atom stereocenters. The summed E-state index contributed by atoms with van der Waals surface area (Å²) in [5, 5.41) is 12.3. The highest BCUT2D eigenvalue weighted by Crippen LogP contribution is 2.22. The molecule has 0 bridgehead atoms. The Morgan fingerprint density at radius 1 is 1.25 bits per heavy atom. The van der Waals surface area contributed by atoms with Gasteiger partial charge in [-0.25, -0.2) is 0 Å². The van der Waals surface area contributed by atoms with Gasteiger partial charge in [-0.2, -0.15) is 0 Å². The first-order chi connectivity index (χ1) is 9.32. The van der Waals surface area contributed by atoms with E-state index in [2.05, 4.69) is 57.3 Å². The number of hydrogen-bond donors (Lipinski definition) is 2. The van der Waals surface area contributed by atoms with Crippen molar-refractivity contribution in [2.75, 3.05) is 6.54 Å². The standard InChI is InChI=1S/C17H27NO2/c1-5-10-18-15(12-16(19)20)11-13-6-8-14(9-7-13)17(2,3)4/h6-9,15,18H,5,10-12H2,1-4H3,(H,19,20). The molecule has 20 heavy (non-hydrogen) atoms. The summed E-state index contributed by atoms with van der Waals surface area (Å²) in [4.78, 5) is 10.9. The van der Waals surface area contributed by atoms with Crippen LogP contribution in [0.4, 0.5) is 0 Å². The maximum absolute atomic E-state index is 10.9. The molecular weight excluding hydrogens is 250 g/mol. The summed E-state index contributed by atoms with van der Waals surface area (Å²) in [7, 11) is 0. The fourth-order valence-electron chi connectivity index (χ4n) is 2.20. The molecule has 2 N–H and O–H groups in total. The minimum atomic E-state index is -0.745. The van der Waals surface area contributed by atoms with Crippen LogP contribution in [0.15, 0.2) is 24.3 Å². The minimum Gasteiger partial charge on any atom is -0.481 e. The smallest absolute Gasteiger partial charge is 0.304 e. The van der Waals surface area contributed by atoms with Gasteiger partial charge in [-0.05, 0) is 35.9 Å². The van der Waals surface area contributed by atoms with E-state index >= 15 is 0 Å². The van der Waals surface area contributed by atoms with Gasteiger partial charge in [0.1, 0.15) is 0 Å². The quantitative estimate of drug-likeness (QED) is 0.803. The molecule has 0 heterocycles. The topological polar surface area (TPSA) is 49.3 Å². The summed E-state index contributed by atoms with van der Waals surface area (Å²) in [5.41, 5.74) is 2.64. The van der Waals surface area contributed by atoms with Gasteiger partial charge in [-0.1, -0.05) is 52.0 Å². The largest absolute Gasteiger partial charge is 0.481 e. The van der Waals surface area contributed by atoms with Crippen molar-refractivity contribution < 1.29 is 9.90 Å². The normalized spacial score (nSPS) is 13.2. The summed E-state index contributed by atoms with van der Waals surface area (Å²) in [5.74, 6) is -0.745. The zero-order valence-corrected chi connectivity index (χ0v) is 13.1. The van der Waals surface area contributed by atoms with Gasteiger partial charge in [-0.15, -0.1) is 0 Å². The summed E-state index contributed by atoms with van der Waals surface area (Å²) in [6.45, 7) is 9.52. The van der Waals surface area contributed by atoms with Crippen LogP contribution in [0.25, 0.3) is 0 Å². The summed E-state index contributed by atoms with van der Waals surface area (Å²) in [6.07, 6.45) is 1.94. The Morgan fingerprint density at radius 2 is 1.85 bits per heavy atom. The van der Waals surface area contributed by atoms with Crippen LogP contribution in [0.2, 0.25) is 0 Å². The van der Waals surface area contributed by atoms with E-state index < -0.39 is 5.97 Å². The fourth-order valence-corrected chi connectivity index (χ4v) is 2.20. The van der Waals surface area contributed by atoms with Crippen LogP contribution < -0.4 is 5.32 Å². The van der Waals surface area contributed by atoms with Crippen LogP contribution in [0, 0.1) is 0 Å². The maximum Gasteiger partial charge on any atom is 0.304 e. The van der Waals surface area contributed by atoms with Crippen molar-refractivity contribution in [3.05, 3.63) is 35.4 Å². The van der Waals surface area contributed by atoms with E-state index in [0.717, 1.165) is 19.4 Å². The molecule has 1 aromatic rings. The van der Waals surface area contributed by atoms with E-state index in [1.165, 1.54) is 11.1 Å². The van der Waals surface area contributed by atoms with E-state index in [1.807, 2.05) is 0 Å². The van der Waals surface area contributed by atoms with Gasteiger partial charge < -0.3 is 10.4 Å². The molecule has 0 aromatic heterocycles. The van der Waals surface area contributed by atoms with E-state index in [4.69, 9.17) is 5.11 Å². The van der Waals surface area contributed by atoms with E-state index in [-0.39, 0.29) is 17.9 Å². The Kier molecular flexibility index (Phi) is 6.21. The van der Waals surface area contributed by atoms with Gasteiger partial charge in [0.2, 0.25) is 0 Å². The average Bonchev–Trinajstić information content (AvgIpc) is 2.35. The van der Waals surface area contributed by atoms with Gasteiger partial charge in [-0.3, -0.25) is 4.79 Å². The van der Waals surface area contributed by atoms with Crippen molar-refractivity contribution in [3.8, 4) is 0 Å². The molecule has 0 radical (unpaired) electrons. The van der Waals surface area contributed by atoms with Crippen LogP contribution in [0.3, 0.4) is 0 Å². The molecule has 3 heteroatoms. The second kappa shape index (κ2) is 7.44. The molecule has 1 atom stereocenters. The van der Waals surface area contributed by atoms with Crippen LogP contribution in [0.1, 0.15) is 51.7 Å². The lowest BCUT2D eigenvalue weighted by atomic mass is 9.86. The Labute approximate surface area is 122 Å². The molecule has 1 aromatic carbocycles. The lowest BCUT2D eigenvalue weighted by Gasteiger charge is -2.20. The Morgan fingerprint density at radius 3 is 2.30 bits per heavy atom. The highest BCUT2D eigenvalue weighted by molar-refractivity contribution is 5.67. The lowest BCUT2D eigenvalue weighted by molar-refractivity contribution is -0.137. The molecule has 0 aliphatic rings. The van der Waals surface area contributed by atoms with Crippen molar-refractivity contribution in [2.45, 2.75) is 58.4 Å². The Bertz CT molecular complexity index is 418. The zero-order chi connectivity index (χ0) is 15.2. The summed E-state index contributed by atoms with van der Waals surface area (Å²) in [6, 6.07) is 8.53. The monoisotopic (exact) mass is 277 g/mol. The molecule has 1 rings (SSSR count). The second-order valence-electron chi connectivity index (χ2n) is 6.40. The minimum absolute atomic E-state index is 0.00735. The van der Waals surface area contributed by atoms with Gasteiger partial charge in [0.05, 0.1) is 6.42 Å². The average molecular weight is 277 g/mol. The number of hydrogen-bond acceptors (Lipinski definition) is 2. The number of carboxylic acids is 1. The van der Waals surface area contributed by atoms with Crippen LogP contribution in [-0.4, -0.2) is 23.7 Å². The number of benzene rings is 1.